The van der Waals surface area contributed by atoms with Crippen LogP contribution in [0.3, 0.4) is 0 Å². The normalized spacial score (nSPS) is 19.9. The van der Waals surface area contributed by atoms with E-state index in [0.29, 0.717) is 0 Å². The number of rotatable bonds is 1. The van der Waals surface area contributed by atoms with E-state index in [4.69, 9.17) is 10.7 Å². The average molecular weight is 244 g/mol. The highest BCUT2D eigenvalue weighted by molar-refractivity contribution is 5.74. The number of imidazole rings is 1. The number of nitrogens with two attached hydrogens (primary N) is 1. The smallest absolute Gasteiger partial charge is 0.129 e. The molecule has 1 fully saturated rings. The number of fused-ring (bicyclic) bond motifs is 1. The van der Waals surface area contributed by atoms with Gasteiger partial charge in [-0.25, -0.2) is 4.98 Å². The van der Waals surface area contributed by atoms with Crippen LogP contribution in [0.2, 0.25) is 0 Å². The van der Waals surface area contributed by atoms with Crippen LogP contribution in [0, 0.1) is 0 Å². The van der Waals surface area contributed by atoms with Crippen molar-refractivity contribution < 1.29 is 0 Å². The van der Waals surface area contributed by atoms with Gasteiger partial charge in [0.05, 0.1) is 22.8 Å². The standard InChI is InChI=1S/C14H20N4/c1-18-12-10-16-9-6-11(12)17-13(18)14(15)7-4-2-3-5-8-14/h6,9-10H,2-5,7-8,15H2,1H3. The van der Waals surface area contributed by atoms with Gasteiger partial charge in [0.2, 0.25) is 0 Å². The van der Waals surface area contributed by atoms with E-state index in [1.807, 2.05) is 19.3 Å². The molecule has 96 valence electrons. The van der Waals surface area contributed by atoms with Crippen LogP contribution in [-0.2, 0) is 12.6 Å². The molecular formula is C14H20N4. The van der Waals surface area contributed by atoms with Gasteiger partial charge in [0.1, 0.15) is 5.82 Å². The zero-order chi connectivity index (χ0) is 12.6. The lowest BCUT2D eigenvalue weighted by Crippen LogP contribution is -2.38. The fourth-order valence-electron chi connectivity index (χ4n) is 3.06. The lowest BCUT2D eigenvalue weighted by Gasteiger charge is -2.27. The number of hydrogen-bond donors (Lipinski definition) is 1. The van der Waals surface area contributed by atoms with Gasteiger partial charge in [-0.3, -0.25) is 4.98 Å². The minimum Gasteiger partial charge on any atom is -0.328 e. The van der Waals surface area contributed by atoms with Crippen LogP contribution in [0.5, 0.6) is 0 Å². The van der Waals surface area contributed by atoms with E-state index in [9.17, 15) is 0 Å². The molecule has 0 aliphatic heterocycles. The fraction of sp³-hybridized carbons (Fsp3) is 0.571. The Bertz CT molecular complexity index is 550. The zero-order valence-corrected chi connectivity index (χ0v) is 10.9. The second-order valence-electron chi connectivity index (χ2n) is 5.43. The van der Waals surface area contributed by atoms with E-state index in [1.165, 1.54) is 25.7 Å². The number of pyridine rings is 1. The van der Waals surface area contributed by atoms with Crippen LogP contribution in [0.4, 0.5) is 0 Å². The van der Waals surface area contributed by atoms with Crippen LogP contribution in [-0.4, -0.2) is 14.5 Å². The van der Waals surface area contributed by atoms with Crippen molar-refractivity contribution in [1.29, 1.82) is 0 Å². The van der Waals surface area contributed by atoms with Crippen molar-refractivity contribution in [3.8, 4) is 0 Å². The molecule has 4 nitrogen and oxygen atoms in total. The topological polar surface area (TPSA) is 56.7 Å². The van der Waals surface area contributed by atoms with Crippen LogP contribution in [0.1, 0.15) is 44.3 Å². The monoisotopic (exact) mass is 244 g/mol. The predicted molar refractivity (Wildman–Crippen MR) is 72.1 cm³/mol. The maximum Gasteiger partial charge on any atom is 0.129 e. The van der Waals surface area contributed by atoms with Gasteiger partial charge in [-0.2, -0.15) is 0 Å². The molecule has 4 heteroatoms. The molecule has 1 saturated carbocycles. The summed E-state index contributed by atoms with van der Waals surface area (Å²) >= 11 is 0. The third-order valence-electron chi connectivity index (χ3n) is 4.12. The summed E-state index contributed by atoms with van der Waals surface area (Å²) in [4.78, 5) is 8.92. The van der Waals surface area contributed by atoms with Gasteiger partial charge in [-0.05, 0) is 18.9 Å². The van der Waals surface area contributed by atoms with Gasteiger partial charge < -0.3 is 10.3 Å². The van der Waals surface area contributed by atoms with Gasteiger partial charge in [0, 0.05) is 13.2 Å². The molecule has 0 atom stereocenters. The van der Waals surface area contributed by atoms with E-state index in [-0.39, 0.29) is 5.54 Å². The summed E-state index contributed by atoms with van der Waals surface area (Å²) in [6.45, 7) is 0. The summed E-state index contributed by atoms with van der Waals surface area (Å²) in [5, 5.41) is 0. The molecule has 2 N–H and O–H groups in total. The highest BCUT2D eigenvalue weighted by Gasteiger charge is 2.32. The molecule has 2 aromatic rings. The first-order valence-corrected chi connectivity index (χ1v) is 6.76. The maximum absolute atomic E-state index is 6.64. The fourth-order valence-corrected chi connectivity index (χ4v) is 3.06. The average Bonchev–Trinajstić information content (AvgIpc) is 2.57. The predicted octanol–water partition coefficient (Wildman–Crippen LogP) is 2.48. The van der Waals surface area contributed by atoms with Crippen LogP contribution in [0.15, 0.2) is 18.5 Å². The molecule has 2 heterocycles. The van der Waals surface area contributed by atoms with Crippen molar-refractivity contribution >= 4 is 11.0 Å². The van der Waals surface area contributed by atoms with Gasteiger partial charge in [0.15, 0.2) is 0 Å². The summed E-state index contributed by atoms with van der Waals surface area (Å²) < 4.78 is 2.12. The molecule has 3 rings (SSSR count). The Morgan fingerprint density at radius 2 is 1.94 bits per heavy atom. The Morgan fingerprint density at radius 1 is 1.22 bits per heavy atom. The van der Waals surface area contributed by atoms with E-state index in [0.717, 1.165) is 29.7 Å². The van der Waals surface area contributed by atoms with Crippen molar-refractivity contribution in [1.82, 2.24) is 14.5 Å². The third kappa shape index (κ3) is 1.81. The second kappa shape index (κ2) is 4.35. The minimum absolute atomic E-state index is 0.260. The Morgan fingerprint density at radius 3 is 2.61 bits per heavy atom. The lowest BCUT2D eigenvalue weighted by molar-refractivity contribution is 0.355. The molecule has 0 amide bonds. The Balaban J connectivity index is 2.09. The van der Waals surface area contributed by atoms with Gasteiger partial charge in [0.25, 0.3) is 0 Å². The van der Waals surface area contributed by atoms with Crippen LogP contribution >= 0.6 is 0 Å². The molecular weight excluding hydrogens is 224 g/mol. The van der Waals surface area contributed by atoms with E-state index >= 15 is 0 Å². The first kappa shape index (κ1) is 11.7. The largest absolute Gasteiger partial charge is 0.328 e. The summed E-state index contributed by atoms with van der Waals surface area (Å²) in [5.74, 6) is 1.02. The van der Waals surface area contributed by atoms with E-state index in [2.05, 4.69) is 9.55 Å². The van der Waals surface area contributed by atoms with Crippen molar-refractivity contribution in [2.75, 3.05) is 0 Å². The number of aromatic nitrogens is 3. The summed E-state index contributed by atoms with van der Waals surface area (Å²) in [6, 6.07) is 1.96. The molecule has 0 aromatic carbocycles. The first-order chi connectivity index (χ1) is 8.71. The van der Waals surface area contributed by atoms with Crippen molar-refractivity contribution in [3.63, 3.8) is 0 Å². The zero-order valence-electron chi connectivity index (χ0n) is 10.9. The number of aryl methyl sites for hydroxylation is 1. The summed E-state index contributed by atoms with van der Waals surface area (Å²) in [5.41, 5.74) is 8.45. The van der Waals surface area contributed by atoms with Gasteiger partial charge in [-0.15, -0.1) is 0 Å². The quantitative estimate of drug-likeness (QED) is 0.784. The number of nitrogens with zero attached hydrogens (tertiary/aromatic N) is 3. The summed E-state index contributed by atoms with van der Waals surface area (Å²) in [7, 11) is 2.05. The molecule has 0 radical (unpaired) electrons. The first-order valence-electron chi connectivity index (χ1n) is 6.76. The van der Waals surface area contributed by atoms with Crippen LogP contribution in [0.25, 0.3) is 11.0 Å². The molecule has 0 spiro atoms. The molecule has 1 aliphatic carbocycles. The molecule has 1 aliphatic rings. The molecule has 0 unspecified atom stereocenters. The molecule has 18 heavy (non-hydrogen) atoms. The van der Waals surface area contributed by atoms with Crippen LogP contribution < -0.4 is 5.73 Å². The highest BCUT2D eigenvalue weighted by Crippen LogP contribution is 2.34. The van der Waals surface area contributed by atoms with Crippen molar-refractivity contribution in [2.45, 2.75) is 44.1 Å². The van der Waals surface area contributed by atoms with E-state index in [1.54, 1.807) is 6.20 Å². The second-order valence-corrected chi connectivity index (χ2v) is 5.43. The summed E-state index contributed by atoms with van der Waals surface area (Å²) in [6.07, 6.45) is 10.7. The lowest BCUT2D eigenvalue weighted by atomic mass is 9.90. The minimum atomic E-state index is -0.260. The maximum atomic E-state index is 6.64. The number of hydrogen-bond acceptors (Lipinski definition) is 3. The van der Waals surface area contributed by atoms with Gasteiger partial charge in [-0.1, -0.05) is 25.7 Å². The Kier molecular flexibility index (Phi) is 2.82. The van der Waals surface area contributed by atoms with E-state index < -0.39 is 0 Å². The van der Waals surface area contributed by atoms with Crippen molar-refractivity contribution in [3.05, 3.63) is 24.3 Å². The molecule has 2 aromatic heterocycles. The molecule has 0 bridgehead atoms. The SMILES string of the molecule is Cn1c(C2(N)CCCCCC2)nc2ccncc21. The van der Waals surface area contributed by atoms with Gasteiger partial charge >= 0.3 is 0 Å². The Hall–Kier alpha value is -1.42. The highest BCUT2D eigenvalue weighted by atomic mass is 15.1. The Labute approximate surface area is 107 Å². The third-order valence-corrected chi connectivity index (χ3v) is 4.12. The molecule has 0 saturated heterocycles. The van der Waals surface area contributed by atoms with Crippen molar-refractivity contribution in [2.24, 2.45) is 12.8 Å².